The summed E-state index contributed by atoms with van der Waals surface area (Å²) in [6.07, 6.45) is -5.78. The monoisotopic (exact) mass is 282 g/mol. The average Bonchev–Trinajstić information content (AvgIpc) is 2.30. The number of hydrogen-bond donors (Lipinski definition) is 0. The summed E-state index contributed by atoms with van der Waals surface area (Å²) >= 11 is 0. The Balaban J connectivity index is 2.74. The molecular weight excluding hydrogens is 265 g/mol. The van der Waals surface area contributed by atoms with E-state index in [4.69, 9.17) is 9.47 Å². The van der Waals surface area contributed by atoms with Gasteiger partial charge in [-0.25, -0.2) is 0 Å². The molecule has 0 N–H and O–H groups in total. The van der Waals surface area contributed by atoms with Crippen LogP contribution in [0.3, 0.4) is 0 Å². The molecule has 0 aromatic rings. The van der Waals surface area contributed by atoms with Gasteiger partial charge in [0.1, 0.15) is 5.41 Å². The largest absolute Gasteiger partial charge is 0.465 e. The first-order valence-corrected chi connectivity index (χ1v) is 6.17. The molecule has 1 fully saturated rings. The maximum absolute atomic E-state index is 12.1. The van der Waals surface area contributed by atoms with Gasteiger partial charge >= 0.3 is 12.1 Å². The Labute approximate surface area is 109 Å². The van der Waals surface area contributed by atoms with Crippen LogP contribution in [0.2, 0.25) is 0 Å². The van der Waals surface area contributed by atoms with Crippen molar-refractivity contribution in [1.29, 1.82) is 0 Å². The van der Waals surface area contributed by atoms with E-state index in [1.165, 1.54) is 0 Å². The molecule has 1 saturated heterocycles. The van der Waals surface area contributed by atoms with Crippen LogP contribution in [0.25, 0.3) is 0 Å². The fraction of sp³-hybridized carbons (Fsp3) is 0.833. The molecule has 1 rings (SSSR count). The maximum atomic E-state index is 12.1. The fourth-order valence-electron chi connectivity index (χ4n) is 2.08. The first-order valence-electron chi connectivity index (χ1n) is 6.17. The van der Waals surface area contributed by atoms with Gasteiger partial charge in [-0.05, 0) is 19.8 Å². The number of ketones is 1. The predicted octanol–water partition coefficient (Wildman–Crippen LogP) is 2.26. The topological polar surface area (TPSA) is 52.6 Å². The molecule has 1 aliphatic rings. The molecule has 4 nitrogen and oxygen atoms in total. The van der Waals surface area contributed by atoms with Crippen LogP contribution in [-0.2, 0) is 19.1 Å². The van der Waals surface area contributed by atoms with Crippen molar-refractivity contribution in [1.82, 2.24) is 0 Å². The van der Waals surface area contributed by atoms with Crippen LogP contribution in [0.15, 0.2) is 0 Å². The molecule has 0 aromatic heterocycles. The molecule has 7 heteroatoms. The third-order valence-electron chi connectivity index (χ3n) is 3.09. The van der Waals surface area contributed by atoms with Gasteiger partial charge in [0.15, 0.2) is 5.78 Å². The zero-order valence-electron chi connectivity index (χ0n) is 10.7. The second-order valence-corrected chi connectivity index (χ2v) is 4.50. The Morgan fingerprint density at radius 1 is 1.47 bits per heavy atom. The van der Waals surface area contributed by atoms with Crippen molar-refractivity contribution in [3.63, 3.8) is 0 Å². The van der Waals surface area contributed by atoms with Crippen LogP contribution in [-0.4, -0.2) is 37.7 Å². The third kappa shape index (κ3) is 4.19. The highest BCUT2D eigenvalue weighted by Gasteiger charge is 2.48. The lowest BCUT2D eigenvalue weighted by Crippen LogP contribution is -2.48. The summed E-state index contributed by atoms with van der Waals surface area (Å²) in [7, 11) is 0. The first kappa shape index (κ1) is 15.9. The molecule has 0 aromatic carbocycles. The van der Waals surface area contributed by atoms with E-state index in [0.717, 1.165) is 0 Å². The van der Waals surface area contributed by atoms with Gasteiger partial charge in [-0.3, -0.25) is 9.59 Å². The summed E-state index contributed by atoms with van der Waals surface area (Å²) in [5, 5.41) is 0. The lowest BCUT2D eigenvalue weighted by atomic mass is 9.77. The summed E-state index contributed by atoms with van der Waals surface area (Å²) in [4.78, 5) is 23.8. The van der Waals surface area contributed by atoms with Gasteiger partial charge in [-0.15, -0.1) is 0 Å². The molecule has 0 spiro atoms. The number of alkyl halides is 3. The van der Waals surface area contributed by atoms with Crippen molar-refractivity contribution in [2.45, 2.75) is 38.8 Å². The number of rotatable bonds is 5. The summed E-state index contributed by atoms with van der Waals surface area (Å²) < 4.78 is 46.4. The summed E-state index contributed by atoms with van der Waals surface area (Å²) in [5.41, 5.74) is -1.56. The van der Waals surface area contributed by atoms with E-state index in [9.17, 15) is 22.8 Å². The van der Waals surface area contributed by atoms with Crippen LogP contribution in [0.5, 0.6) is 0 Å². The summed E-state index contributed by atoms with van der Waals surface area (Å²) in [5.74, 6) is -1.17. The molecule has 1 heterocycles. The molecular formula is C12H17F3O4. The number of Topliss-reactive ketones (excluding diaryl/α,β-unsaturated/α-hetero) is 1. The highest BCUT2D eigenvalue weighted by atomic mass is 19.4. The maximum Gasteiger partial charge on any atom is 0.389 e. The number of ether oxygens (including phenoxy) is 2. The number of halogens is 3. The van der Waals surface area contributed by atoms with Crippen LogP contribution in [0.1, 0.15) is 32.6 Å². The minimum atomic E-state index is -4.30. The Morgan fingerprint density at radius 3 is 2.68 bits per heavy atom. The minimum absolute atomic E-state index is 0.0326. The van der Waals surface area contributed by atoms with Gasteiger partial charge in [0.2, 0.25) is 0 Å². The molecule has 110 valence electrons. The zero-order chi connectivity index (χ0) is 14.5. The fourth-order valence-corrected chi connectivity index (χ4v) is 2.08. The normalized spacial score (nSPS) is 24.3. The van der Waals surface area contributed by atoms with Gasteiger partial charge in [-0.2, -0.15) is 13.2 Å². The molecule has 1 aliphatic heterocycles. The number of esters is 1. The van der Waals surface area contributed by atoms with Crippen molar-refractivity contribution in [3.8, 4) is 0 Å². The van der Waals surface area contributed by atoms with Crippen LogP contribution < -0.4 is 0 Å². The molecule has 0 saturated carbocycles. The van der Waals surface area contributed by atoms with Gasteiger partial charge in [-0.1, -0.05) is 0 Å². The third-order valence-corrected chi connectivity index (χ3v) is 3.09. The second kappa shape index (κ2) is 6.36. The molecule has 19 heavy (non-hydrogen) atoms. The van der Waals surface area contributed by atoms with Crippen LogP contribution >= 0.6 is 0 Å². The summed E-state index contributed by atoms with van der Waals surface area (Å²) in [6.45, 7) is 1.66. The molecule has 0 radical (unpaired) electrons. The molecule has 0 bridgehead atoms. The zero-order valence-corrected chi connectivity index (χ0v) is 10.7. The van der Waals surface area contributed by atoms with Gasteiger partial charge in [0.25, 0.3) is 0 Å². The van der Waals surface area contributed by atoms with Crippen LogP contribution in [0, 0.1) is 5.41 Å². The highest BCUT2D eigenvalue weighted by molar-refractivity contribution is 6.04. The standard InChI is InChI=1S/C12H17F3O4/c1-2-19-10(17)11(5-3-6-12(13,14)15)8-18-7-4-9(11)16/h2-8H2,1H3. The van der Waals surface area contributed by atoms with Crippen molar-refractivity contribution < 1.29 is 32.2 Å². The van der Waals surface area contributed by atoms with Crippen molar-refractivity contribution in [3.05, 3.63) is 0 Å². The van der Waals surface area contributed by atoms with E-state index < -0.39 is 24.0 Å². The van der Waals surface area contributed by atoms with E-state index in [-0.39, 0.29) is 44.9 Å². The smallest absolute Gasteiger partial charge is 0.389 e. The Hall–Kier alpha value is -1.11. The Kier molecular flexibility index (Phi) is 5.34. The van der Waals surface area contributed by atoms with Gasteiger partial charge < -0.3 is 9.47 Å². The molecule has 1 unspecified atom stereocenters. The average molecular weight is 282 g/mol. The number of carbonyl (C=O) groups is 2. The second-order valence-electron chi connectivity index (χ2n) is 4.50. The van der Waals surface area contributed by atoms with Crippen molar-refractivity contribution >= 4 is 11.8 Å². The number of hydrogen-bond acceptors (Lipinski definition) is 4. The van der Waals surface area contributed by atoms with Crippen molar-refractivity contribution in [2.24, 2.45) is 5.41 Å². The Morgan fingerprint density at radius 2 is 2.16 bits per heavy atom. The first-order chi connectivity index (χ1) is 8.82. The van der Waals surface area contributed by atoms with E-state index in [2.05, 4.69) is 0 Å². The number of carbonyl (C=O) groups excluding carboxylic acids is 2. The van der Waals surface area contributed by atoms with E-state index >= 15 is 0 Å². The van der Waals surface area contributed by atoms with Crippen molar-refractivity contribution in [2.75, 3.05) is 19.8 Å². The molecule has 0 amide bonds. The quantitative estimate of drug-likeness (QED) is 0.573. The van der Waals surface area contributed by atoms with Gasteiger partial charge in [0, 0.05) is 12.8 Å². The van der Waals surface area contributed by atoms with E-state index in [1.54, 1.807) is 6.92 Å². The highest BCUT2D eigenvalue weighted by Crippen LogP contribution is 2.34. The van der Waals surface area contributed by atoms with E-state index in [0.29, 0.717) is 0 Å². The van der Waals surface area contributed by atoms with Crippen LogP contribution in [0.4, 0.5) is 13.2 Å². The lowest BCUT2D eigenvalue weighted by Gasteiger charge is -2.33. The summed E-state index contributed by atoms with van der Waals surface area (Å²) in [6, 6.07) is 0. The van der Waals surface area contributed by atoms with E-state index in [1.807, 2.05) is 0 Å². The SMILES string of the molecule is CCOC(=O)C1(CCCC(F)(F)F)COCCC1=O. The van der Waals surface area contributed by atoms with Gasteiger partial charge in [0.05, 0.1) is 19.8 Å². The molecule has 1 atom stereocenters. The predicted molar refractivity (Wildman–Crippen MR) is 59.4 cm³/mol. The molecule has 0 aliphatic carbocycles. The lowest BCUT2D eigenvalue weighted by molar-refractivity contribution is -0.172. The minimum Gasteiger partial charge on any atom is -0.465 e. The Bertz CT molecular complexity index is 340.